The van der Waals surface area contributed by atoms with E-state index >= 15 is 0 Å². The van der Waals surface area contributed by atoms with E-state index in [-0.39, 0.29) is 42.7 Å². The van der Waals surface area contributed by atoms with Crippen molar-refractivity contribution < 1.29 is 27.5 Å². The van der Waals surface area contributed by atoms with Gasteiger partial charge in [0.1, 0.15) is 0 Å². The summed E-state index contributed by atoms with van der Waals surface area (Å²) in [7, 11) is -3.84. The lowest BCUT2D eigenvalue weighted by Gasteiger charge is -2.15. The Morgan fingerprint density at radius 3 is 2.59 bits per heavy atom. The molecule has 2 N–H and O–H groups in total. The second kappa shape index (κ2) is 9.58. The molecule has 2 aromatic rings. The van der Waals surface area contributed by atoms with E-state index in [4.69, 9.17) is 9.47 Å². The maximum absolute atomic E-state index is 12.7. The monoisotopic (exact) mass is 459 g/mol. The third-order valence-corrected chi connectivity index (χ3v) is 6.79. The molecule has 170 valence electrons. The number of rotatable bonds is 8. The lowest BCUT2D eigenvalue weighted by Crippen LogP contribution is -2.32. The summed E-state index contributed by atoms with van der Waals surface area (Å²) in [4.78, 5) is 26.3. The van der Waals surface area contributed by atoms with E-state index in [1.54, 1.807) is 23.1 Å². The number of carbonyl (C=O) groups excluding carboxylic acids is 2. The predicted molar refractivity (Wildman–Crippen MR) is 116 cm³/mol. The van der Waals surface area contributed by atoms with Gasteiger partial charge < -0.3 is 19.7 Å². The molecule has 0 bridgehead atoms. The minimum absolute atomic E-state index is 0.0148. The van der Waals surface area contributed by atoms with Crippen molar-refractivity contribution in [3.63, 3.8) is 0 Å². The van der Waals surface area contributed by atoms with Crippen LogP contribution in [0.3, 0.4) is 0 Å². The van der Waals surface area contributed by atoms with Gasteiger partial charge in [-0.2, -0.15) is 0 Å². The second-order valence-electron chi connectivity index (χ2n) is 7.63. The molecule has 4 rings (SSSR count). The molecule has 0 radical (unpaired) electrons. The van der Waals surface area contributed by atoms with E-state index in [9.17, 15) is 18.0 Å². The molecule has 0 unspecified atom stereocenters. The fourth-order valence-corrected chi connectivity index (χ4v) is 4.69. The minimum Gasteiger partial charge on any atom is -0.454 e. The van der Waals surface area contributed by atoms with Crippen LogP contribution in [0.4, 0.5) is 0 Å². The normalized spacial score (nSPS) is 15.1. The number of hydrogen-bond donors (Lipinski definition) is 2. The smallest absolute Gasteiger partial charge is 0.251 e. The van der Waals surface area contributed by atoms with Crippen LogP contribution >= 0.6 is 0 Å². The van der Waals surface area contributed by atoms with Gasteiger partial charge in [-0.25, -0.2) is 13.1 Å². The van der Waals surface area contributed by atoms with Crippen molar-refractivity contribution in [2.45, 2.75) is 30.7 Å². The molecule has 2 aliphatic rings. The van der Waals surface area contributed by atoms with Crippen molar-refractivity contribution in [2.75, 3.05) is 26.4 Å². The highest BCUT2D eigenvalue weighted by Crippen LogP contribution is 2.32. The van der Waals surface area contributed by atoms with Gasteiger partial charge in [0, 0.05) is 38.2 Å². The fourth-order valence-electron chi connectivity index (χ4n) is 3.63. The number of ether oxygens (including phenoxy) is 2. The molecule has 1 fully saturated rings. The Balaban J connectivity index is 1.33. The second-order valence-corrected chi connectivity index (χ2v) is 9.40. The summed E-state index contributed by atoms with van der Waals surface area (Å²) < 4.78 is 38.5. The Labute approximate surface area is 186 Å². The molecule has 2 aliphatic heterocycles. The van der Waals surface area contributed by atoms with Crippen LogP contribution < -0.4 is 19.5 Å². The first-order chi connectivity index (χ1) is 15.4. The highest BCUT2D eigenvalue weighted by Gasteiger charge is 2.19. The van der Waals surface area contributed by atoms with Gasteiger partial charge in [-0.1, -0.05) is 12.1 Å². The SMILES string of the molecule is O=C(NCCC(=O)N1CCCC1)c1cccc(S(=O)(=O)NCc2ccc3c(c2)OCO3)c1. The Hall–Kier alpha value is -3.11. The maximum Gasteiger partial charge on any atom is 0.251 e. The van der Waals surface area contributed by atoms with Gasteiger partial charge in [0.25, 0.3) is 5.91 Å². The van der Waals surface area contributed by atoms with Gasteiger partial charge in [0.2, 0.25) is 22.7 Å². The zero-order valence-electron chi connectivity index (χ0n) is 17.5. The highest BCUT2D eigenvalue weighted by molar-refractivity contribution is 7.89. The number of likely N-dealkylation sites (tertiary alicyclic amines) is 1. The summed E-state index contributed by atoms with van der Waals surface area (Å²) in [5.74, 6) is 0.792. The number of hydrogen-bond acceptors (Lipinski definition) is 6. The van der Waals surface area contributed by atoms with Crippen LogP contribution in [0, 0.1) is 0 Å². The molecule has 0 aromatic heterocycles. The molecule has 2 aromatic carbocycles. The number of nitrogens with zero attached hydrogens (tertiary/aromatic N) is 1. The van der Waals surface area contributed by atoms with E-state index < -0.39 is 15.9 Å². The number of nitrogens with one attached hydrogen (secondary N) is 2. The van der Waals surface area contributed by atoms with E-state index in [1.165, 1.54) is 24.3 Å². The highest BCUT2D eigenvalue weighted by atomic mass is 32.2. The zero-order valence-corrected chi connectivity index (χ0v) is 18.3. The summed E-state index contributed by atoms with van der Waals surface area (Å²) in [6, 6.07) is 11.0. The molecular formula is C22H25N3O6S. The van der Waals surface area contributed by atoms with Gasteiger partial charge in [0.05, 0.1) is 4.90 Å². The first-order valence-corrected chi connectivity index (χ1v) is 11.9. The van der Waals surface area contributed by atoms with Gasteiger partial charge in [-0.3, -0.25) is 9.59 Å². The van der Waals surface area contributed by atoms with Crippen molar-refractivity contribution in [1.82, 2.24) is 14.9 Å². The largest absolute Gasteiger partial charge is 0.454 e. The third-order valence-electron chi connectivity index (χ3n) is 5.39. The lowest BCUT2D eigenvalue weighted by molar-refractivity contribution is -0.129. The van der Waals surface area contributed by atoms with Crippen molar-refractivity contribution in [2.24, 2.45) is 0 Å². The molecule has 9 nitrogen and oxygen atoms in total. The van der Waals surface area contributed by atoms with Gasteiger partial charge >= 0.3 is 0 Å². The summed E-state index contributed by atoms with van der Waals surface area (Å²) in [5.41, 5.74) is 0.930. The number of amides is 2. The topological polar surface area (TPSA) is 114 Å². The van der Waals surface area contributed by atoms with E-state index in [0.29, 0.717) is 11.5 Å². The molecule has 10 heteroatoms. The van der Waals surface area contributed by atoms with Crippen molar-refractivity contribution in [3.8, 4) is 11.5 Å². The van der Waals surface area contributed by atoms with Crippen LogP contribution in [0.15, 0.2) is 47.4 Å². The van der Waals surface area contributed by atoms with Crippen molar-refractivity contribution in [1.29, 1.82) is 0 Å². The Morgan fingerprint density at radius 2 is 1.78 bits per heavy atom. The van der Waals surface area contributed by atoms with Crippen LogP contribution in [0.2, 0.25) is 0 Å². The van der Waals surface area contributed by atoms with Crippen LogP contribution in [-0.2, 0) is 21.4 Å². The molecule has 32 heavy (non-hydrogen) atoms. The molecule has 2 heterocycles. The average molecular weight is 460 g/mol. The number of benzene rings is 2. The molecule has 0 spiro atoms. The zero-order chi connectivity index (χ0) is 22.6. The standard InChI is InChI=1S/C22H25N3O6S/c26-21(25-10-1-2-11-25)8-9-23-22(27)17-4-3-5-18(13-17)32(28,29)24-14-16-6-7-19-20(12-16)31-15-30-19/h3-7,12-13,24H,1-2,8-11,14-15H2,(H,23,27). The first-order valence-electron chi connectivity index (χ1n) is 10.5. The Morgan fingerprint density at radius 1 is 1.00 bits per heavy atom. The molecule has 0 saturated carbocycles. The maximum atomic E-state index is 12.7. The van der Waals surface area contributed by atoms with Gasteiger partial charge in [0.15, 0.2) is 11.5 Å². The van der Waals surface area contributed by atoms with E-state index in [2.05, 4.69) is 10.0 Å². The molecule has 0 atom stereocenters. The van der Waals surface area contributed by atoms with E-state index in [0.717, 1.165) is 31.5 Å². The summed E-state index contributed by atoms with van der Waals surface area (Å²) in [6.45, 7) is 1.95. The Kier molecular flexibility index (Phi) is 6.61. The minimum atomic E-state index is -3.84. The fraction of sp³-hybridized carbons (Fsp3) is 0.364. The van der Waals surface area contributed by atoms with Crippen LogP contribution in [0.5, 0.6) is 11.5 Å². The van der Waals surface area contributed by atoms with Crippen molar-refractivity contribution in [3.05, 3.63) is 53.6 Å². The summed E-state index contributed by atoms with van der Waals surface area (Å²) in [5, 5.41) is 2.69. The quantitative estimate of drug-likeness (QED) is 0.620. The molecule has 0 aliphatic carbocycles. The first kappa shape index (κ1) is 22.1. The number of fused-ring (bicyclic) bond motifs is 1. The van der Waals surface area contributed by atoms with Gasteiger partial charge in [-0.15, -0.1) is 0 Å². The summed E-state index contributed by atoms with van der Waals surface area (Å²) in [6.07, 6.45) is 2.25. The number of sulfonamides is 1. The molecular weight excluding hydrogens is 434 g/mol. The molecule has 2 amide bonds. The number of carbonyl (C=O) groups is 2. The average Bonchev–Trinajstić information content (AvgIpc) is 3.49. The van der Waals surface area contributed by atoms with Crippen LogP contribution in [-0.4, -0.2) is 51.6 Å². The van der Waals surface area contributed by atoms with E-state index in [1.807, 2.05) is 0 Å². The van der Waals surface area contributed by atoms with Crippen LogP contribution in [0.1, 0.15) is 35.2 Å². The lowest BCUT2D eigenvalue weighted by atomic mass is 10.2. The summed E-state index contributed by atoms with van der Waals surface area (Å²) >= 11 is 0. The predicted octanol–water partition coefficient (Wildman–Crippen LogP) is 1.64. The van der Waals surface area contributed by atoms with Gasteiger partial charge in [-0.05, 0) is 48.7 Å². The molecule has 1 saturated heterocycles. The Bertz CT molecular complexity index is 1110. The van der Waals surface area contributed by atoms with Crippen molar-refractivity contribution >= 4 is 21.8 Å². The third kappa shape index (κ3) is 5.20. The van der Waals surface area contributed by atoms with Crippen LogP contribution in [0.25, 0.3) is 0 Å².